The Balaban J connectivity index is 0. The van der Waals surface area contributed by atoms with Crippen LogP contribution in [0.2, 0.25) is 0 Å². The molecule has 9 heteroatoms. The fourth-order valence-electron chi connectivity index (χ4n) is 0.681. The van der Waals surface area contributed by atoms with Gasteiger partial charge in [-0.3, -0.25) is 19.2 Å². The first kappa shape index (κ1) is 19.2. The zero-order valence-electron chi connectivity index (χ0n) is 11.5. The predicted molar refractivity (Wildman–Crippen MR) is 68.0 cm³/mol. The van der Waals surface area contributed by atoms with Crippen molar-refractivity contribution in [3.63, 3.8) is 0 Å². The number of hydrogen-bond acceptors (Lipinski definition) is 6. The highest BCUT2D eigenvalue weighted by atomic mass is 16.6. The van der Waals surface area contributed by atoms with E-state index in [4.69, 9.17) is 0 Å². The molecule has 0 fully saturated rings. The van der Waals surface area contributed by atoms with Crippen LogP contribution in [0.5, 0.6) is 0 Å². The van der Waals surface area contributed by atoms with E-state index in [9.17, 15) is 14.4 Å². The number of oxime groups is 1. The Labute approximate surface area is 111 Å². The third-order valence-electron chi connectivity index (χ3n) is 1.55. The van der Waals surface area contributed by atoms with Crippen LogP contribution in [-0.4, -0.2) is 52.3 Å². The van der Waals surface area contributed by atoms with E-state index in [0.717, 1.165) is 0 Å². The van der Waals surface area contributed by atoms with Crippen molar-refractivity contribution in [3.8, 4) is 0 Å². The average molecular weight is 276 g/mol. The first-order valence-electron chi connectivity index (χ1n) is 5.29. The van der Waals surface area contributed by atoms with Crippen LogP contribution >= 0.6 is 0 Å². The smallest absolute Gasteiger partial charge is 0.252 e. The van der Waals surface area contributed by atoms with Crippen molar-refractivity contribution < 1.29 is 24.1 Å². The zero-order valence-corrected chi connectivity index (χ0v) is 11.5. The number of hydrogen-bond donors (Lipinski definition) is 3. The fraction of sp³-hybridized carbons (Fsp3) is 0.600. The summed E-state index contributed by atoms with van der Waals surface area (Å²) in [6.45, 7) is 0. The van der Waals surface area contributed by atoms with Crippen LogP contribution in [0.3, 0.4) is 0 Å². The maximum Gasteiger partial charge on any atom is 0.252 e. The number of nitrogens with one attached hydrogen (secondary N) is 3. The van der Waals surface area contributed by atoms with E-state index in [-0.39, 0.29) is 24.7 Å². The van der Waals surface area contributed by atoms with Gasteiger partial charge in [0.25, 0.3) is 5.91 Å². The van der Waals surface area contributed by atoms with Crippen LogP contribution in [0.15, 0.2) is 5.16 Å². The van der Waals surface area contributed by atoms with E-state index in [1.54, 1.807) is 7.05 Å². The molecular formula is C10H20N4O5. The number of amides is 3. The summed E-state index contributed by atoms with van der Waals surface area (Å²) < 4.78 is 0. The molecule has 0 aliphatic heterocycles. The standard InChI is InChI=1S/C5H10N2O3.C5H10N2O2/c1-6-4(8)3-5(9)7-10-2;1-6-5(8)3-4-7-9-2/h3H2,1-2H3,(H,6,8)(H,7,9);4H,3H2,1-2H3,(H,6,8)/b;7-4+. The lowest BCUT2D eigenvalue weighted by Crippen LogP contribution is -2.29. The van der Waals surface area contributed by atoms with Crippen LogP contribution in [0, 0.1) is 0 Å². The van der Waals surface area contributed by atoms with Gasteiger partial charge in [0.2, 0.25) is 11.8 Å². The minimum atomic E-state index is -0.457. The Hall–Kier alpha value is -2.16. The Morgan fingerprint density at radius 2 is 1.63 bits per heavy atom. The maximum absolute atomic E-state index is 10.5. The van der Waals surface area contributed by atoms with Gasteiger partial charge in [0.1, 0.15) is 13.5 Å². The molecule has 0 aliphatic rings. The molecule has 0 unspecified atom stereocenters. The molecule has 0 aromatic heterocycles. The minimum absolute atomic E-state index is 0.0733. The van der Waals surface area contributed by atoms with E-state index in [1.165, 1.54) is 27.5 Å². The third-order valence-corrected chi connectivity index (χ3v) is 1.55. The molecule has 0 rings (SSSR count). The molecule has 0 heterocycles. The molecule has 110 valence electrons. The molecule has 19 heavy (non-hydrogen) atoms. The van der Waals surface area contributed by atoms with Gasteiger partial charge in [-0.1, -0.05) is 5.16 Å². The largest absolute Gasteiger partial charge is 0.399 e. The number of nitrogens with zero attached hydrogens (tertiary/aromatic N) is 1. The monoisotopic (exact) mass is 276 g/mol. The summed E-state index contributed by atoms with van der Waals surface area (Å²) in [4.78, 5) is 40.0. The van der Waals surface area contributed by atoms with Gasteiger partial charge in [0, 0.05) is 14.1 Å². The summed E-state index contributed by atoms with van der Waals surface area (Å²) in [6.07, 6.45) is 1.47. The predicted octanol–water partition coefficient (Wildman–Crippen LogP) is -1.45. The molecule has 9 nitrogen and oxygen atoms in total. The summed E-state index contributed by atoms with van der Waals surface area (Å²) >= 11 is 0. The second-order valence-corrected chi connectivity index (χ2v) is 2.93. The molecule has 0 saturated heterocycles. The molecule has 0 bridgehead atoms. The van der Waals surface area contributed by atoms with Crippen molar-refractivity contribution in [2.75, 3.05) is 28.3 Å². The van der Waals surface area contributed by atoms with Crippen LogP contribution < -0.4 is 16.1 Å². The van der Waals surface area contributed by atoms with E-state index in [1.807, 2.05) is 5.48 Å². The summed E-state index contributed by atoms with van der Waals surface area (Å²) in [5.74, 6) is -0.868. The van der Waals surface area contributed by atoms with Crippen molar-refractivity contribution in [2.45, 2.75) is 12.8 Å². The van der Waals surface area contributed by atoms with Crippen LogP contribution in [0.25, 0.3) is 0 Å². The summed E-state index contributed by atoms with van der Waals surface area (Å²) in [5, 5.41) is 8.11. The first-order chi connectivity index (χ1) is 9.01. The molecule has 0 spiro atoms. The highest BCUT2D eigenvalue weighted by Gasteiger charge is 2.05. The number of rotatable bonds is 6. The highest BCUT2D eigenvalue weighted by molar-refractivity contribution is 5.96. The molecule has 0 saturated carbocycles. The summed E-state index contributed by atoms with van der Waals surface area (Å²) in [7, 11) is 5.77. The second-order valence-electron chi connectivity index (χ2n) is 2.93. The Bertz CT molecular complexity index is 306. The van der Waals surface area contributed by atoms with Gasteiger partial charge in [0.05, 0.1) is 19.7 Å². The maximum atomic E-state index is 10.5. The third kappa shape index (κ3) is 15.8. The van der Waals surface area contributed by atoms with Crippen molar-refractivity contribution in [1.29, 1.82) is 0 Å². The molecule has 0 aliphatic carbocycles. The van der Waals surface area contributed by atoms with Gasteiger partial charge in [-0.15, -0.1) is 0 Å². The quantitative estimate of drug-likeness (QED) is 0.312. The van der Waals surface area contributed by atoms with Crippen LogP contribution in [0.1, 0.15) is 12.8 Å². The van der Waals surface area contributed by atoms with Crippen molar-refractivity contribution >= 4 is 23.9 Å². The number of carbonyl (C=O) groups is 3. The topological polar surface area (TPSA) is 118 Å². The summed E-state index contributed by atoms with van der Waals surface area (Å²) in [6, 6.07) is 0. The van der Waals surface area contributed by atoms with E-state index in [0.29, 0.717) is 0 Å². The van der Waals surface area contributed by atoms with Crippen LogP contribution in [0.4, 0.5) is 0 Å². The van der Waals surface area contributed by atoms with Gasteiger partial charge in [-0.2, -0.15) is 0 Å². The van der Waals surface area contributed by atoms with Crippen LogP contribution in [-0.2, 0) is 24.1 Å². The first-order valence-corrected chi connectivity index (χ1v) is 5.29. The molecule has 3 N–H and O–H groups in total. The number of carbonyl (C=O) groups excluding carboxylic acids is 3. The van der Waals surface area contributed by atoms with E-state index >= 15 is 0 Å². The Morgan fingerprint density at radius 3 is 2.05 bits per heavy atom. The minimum Gasteiger partial charge on any atom is -0.399 e. The van der Waals surface area contributed by atoms with Gasteiger partial charge >= 0.3 is 0 Å². The van der Waals surface area contributed by atoms with Crippen molar-refractivity contribution in [2.24, 2.45) is 5.16 Å². The molecule has 0 radical (unpaired) electrons. The van der Waals surface area contributed by atoms with Gasteiger partial charge < -0.3 is 15.5 Å². The van der Waals surface area contributed by atoms with Crippen molar-refractivity contribution in [1.82, 2.24) is 16.1 Å². The average Bonchev–Trinajstić information content (AvgIpc) is 2.39. The van der Waals surface area contributed by atoms with E-state index < -0.39 is 5.91 Å². The molecular weight excluding hydrogens is 256 g/mol. The summed E-state index contributed by atoms with van der Waals surface area (Å²) in [5.41, 5.74) is 2.01. The molecule has 0 atom stereocenters. The lowest BCUT2D eigenvalue weighted by Gasteiger charge is -1.99. The van der Waals surface area contributed by atoms with Gasteiger partial charge in [-0.05, 0) is 0 Å². The fourth-order valence-corrected chi connectivity index (χ4v) is 0.681. The molecule has 3 amide bonds. The van der Waals surface area contributed by atoms with E-state index in [2.05, 4.69) is 25.5 Å². The Kier molecular flexibility index (Phi) is 14.0. The normalized spacial score (nSPS) is 9.05. The van der Waals surface area contributed by atoms with Gasteiger partial charge in [-0.25, -0.2) is 5.48 Å². The SMILES string of the molecule is CNC(=O)C/C=N/OC.CNC(=O)CC(=O)NOC. The van der Waals surface area contributed by atoms with Crippen molar-refractivity contribution in [3.05, 3.63) is 0 Å². The molecule has 0 aromatic carbocycles. The lowest BCUT2D eigenvalue weighted by molar-refractivity contribution is -0.136. The highest BCUT2D eigenvalue weighted by Crippen LogP contribution is 1.77. The second kappa shape index (κ2) is 13.9. The zero-order chi connectivity index (χ0) is 15.1. The molecule has 0 aromatic rings. The van der Waals surface area contributed by atoms with Gasteiger partial charge in [0.15, 0.2) is 0 Å². The number of hydroxylamine groups is 1. The Morgan fingerprint density at radius 1 is 1.05 bits per heavy atom. The lowest BCUT2D eigenvalue weighted by atomic mass is 10.4.